The van der Waals surface area contributed by atoms with Crippen LogP contribution in [-0.2, 0) is 11.3 Å². The van der Waals surface area contributed by atoms with E-state index >= 15 is 0 Å². The Balaban J connectivity index is 2.41. The number of aryl methyl sites for hydroxylation is 1. The van der Waals surface area contributed by atoms with Crippen LogP contribution < -0.4 is 10.6 Å². The molecule has 0 aromatic carbocycles. The molecule has 0 fully saturated rings. The first-order chi connectivity index (χ1) is 8.54. The second kappa shape index (κ2) is 6.97. The molecule has 7 heteroatoms. The average Bonchev–Trinajstić information content (AvgIpc) is 2.71. The van der Waals surface area contributed by atoms with E-state index in [2.05, 4.69) is 10.6 Å². The fraction of sp³-hybridized carbons (Fsp3) is 0.455. The lowest BCUT2D eigenvalue weighted by Crippen LogP contribution is -2.46. The maximum absolute atomic E-state index is 11.5. The summed E-state index contributed by atoms with van der Waals surface area (Å²) in [4.78, 5) is 22.2. The smallest absolute Gasteiger partial charge is 0.326 e. The number of aliphatic hydroxyl groups excluding tert-OH is 1. The zero-order valence-corrected chi connectivity index (χ0v) is 10.8. The van der Waals surface area contributed by atoms with Gasteiger partial charge in [0, 0.05) is 19.6 Å². The number of carboxylic acid groups (broad SMARTS) is 1. The minimum absolute atomic E-state index is 0.0137. The monoisotopic (exact) mass is 272 g/mol. The number of carboxylic acids is 1. The summed E-state index contributed by atoms with van der Waals surface area (Å²) in [7, 11) is 0. The summed E-state index contributed by atoms with van der Waals surface area (Å²) >= 11 is 1.55. The van der Waals surface area contributed by atoms with Crippen LogP contribution in [0, 0.1) is 6.92 Å². The van der Waals surface area contributed by atoms with Crippen LogP contribution in [0.2, 0.25) is 0 Å². The third-order valence-electron chi connectivity index (χ3n) is 2.42. The molecule has 0 aliphatic carbocycles. The van der Waals surface area contributed by atoms with Crippen molar-refractivity contribution in [1.29, 1.82) is 0 Å². The van der Waals surface area contributed by atoms with Gasteiger partial charge < -0.3 is 20.8 Å². The zero-order chi connectivity index (χ0) is 13.5. The highest BCUT2D eigenvalue weighted by Gasteiger charge is 2.18. The van der Waals surface area contributed by atoms with Gasteiger partial charge in [0.15, 0.2) is 0 Å². The highest BCUT2D eigenvalue weighted by Crippen LogP contribution is 2.12. The highest BCUT2D eigenvalue weighted by atomic mass is 32.1. The van der Waals surface area contributed by atoms with Crippen molar-refractivity contribution in [3.05, 3.63) is 21.9 Å². The lowest BCUT2D eigenvalue weighted by molar-refractivity contribution is -0.139. The van der Waals surface area contributed by atoms with Gasteiger partial charge in [-0.25, -0.2) is 9.59 Å². The van der Waals surface area contributed by atoms with Gasteiger partial charge in [-0.3, -0.25) is 0 Å². The van der Waals surface area contributed by atoms with E-state index in [-0.39, 0.29) is 13.0 Å². The molecule has 1 aromatic rings. The average molecular weight is 272 g/mol. The van der Waals surface area contributed by atoms with Gasteiger partial charge >= 0.3 is 12.0 Å². The van der Waals surface area contributed by atoms with Crippen LogP contribution in [0.3, 0.4) is 0 Å². The molecule has 1 aromatic heterocycles. The number of aliphatic hydroxyl groups is 1. The molecule has 0 bridgehead atoms. The van der Waals surface area contributed by atoms with Crippen molar-refractivity contribution in [3.8, 4) is 0 Å². The van der Waals surface area contributed by atoms with E-state index < -0.39 is 18.0 Å². The summed E-state index contributed by atoms with van der Waals surface area (Å²) < 4.78 is 0. The molecule has 0 unspecified atom stereocenters. The van der Waals surface area contributed by atoms with Crippen molar-refractivity contribution >= 4 is 23.3 Å². The first kappa shape index (κ1) is 14.5. The Labute approximate surface area is 109 Å². The molecule has 0 aliphatic heterocycles. The number of thiophene rings is 1. The van der Waals surface area contributed by atoms with Gasteiger partial charge in [0.2, 0.25) is 0 Å². The van der Waals surface area contributed by atoms with Gasteiger partial charge in [0.1, 0.15) is 6.04 Å². The van der Waals surface area contributed by atoms with Gasteiger partial charge in [-0.2, -0.15) is 11.3 Å². The normalized spacial score (nSPS) is 11.9. The van der Waals surface area contributed by atoms with Gasteiger partial charge in [0.25, 0.3) is 0 Å². The Kier molecular flexibility index (Phi) is 5.60. The van der Waals surface area contributed by atoms with E-state index in [1.54, 1.807) is 11.3 Å². The first-order valence-electron chi connectivity index (χ1n) is 5.44. The van der Waals surface area contributed by atoms with Crippen molar-refractivity contribution in [1.82, 2.24) is 10.6 Å². The molecule has 6 nitrogen and oxygen atoms in total. The summed E-state index contributed by atoms with van der Waals surface area (Å²) in [5.74, 6) is -1.16. The second-order valence-electron chi connectivity index (χ2n) is 3.81. The number of nitrogens with one attached hydrogen (secondary N) is 2. The number of aliphatic carboxylic acids is 1. The molecule has 0 aliphatic rings. The summed E-state index contributed by atoms with van der Waals surface area (Å²) in [6.07, 6.45) is -0.0137. The van der Waals surface area contributed by atoms with Crippen LogP contribution in [0.15, 0.2) is 10.8 Å². The van der Waals surface area contributed by atoms with E-state index in [4.69, 9.17) is 10.2 Å². The van der Waals surface area contributed by atoms with Crippen LogP contribution in [0.5, 0.6) is 0 Å². The van der Waals surface area contributed by atoms with Crippen LogP contribution in [0.1, 0.15) is 17.5 Å². The maximum atomic E-state index is 11.5. The molecule has 1 atom stereocenters. The molecule has 0 saturated heterocycles. The molecule has 100 valence electrons. The molecule has 0 saturated carbocycles. The summed E-state index contributed by atoms with van der Waals surface area (Å²) in [6.45, 7) is 2.00. The Morgan fingerprint density at radius 3 is 2.67 bits per heavy atom. The number of urea groups is 1. The number of hydrogen-bond donors (Lipinski definition) is 4. The molecule has 1 heterocycles. The fourth-order valence-corrected chi connectivity index (χ4v) is 2.20. The largest absolute Gasteiger partial charge is 0.480 e. The van der Waals surface area contributed by atoms with Gasteiger partial charge in [-0.1, -0.05) is 0 Å². The number of carbonyl (C=O) groups excluding carboxylic acids is 1. The summed E-state index contributed by atoms with van der Waals surface area (Å²) in [5.41, 5.74) is 2.09. The Bertz CT molecular complexity index is 419. The minimum Gasteiger partial charge on any atom is -0.480 e. The van der Waals surface area contributed by atoms with Crippen molar-refractivity contribution in [2.24, 2.45) is 0 Å². The Morgan fingerprint density at radius 2 is 2.17 bits per heavy atom. The molecular weight excluding hydrogens is 256 g/mol. The lowest BCUT2D eigenvalue weighted by atomic mass is 10.2. The highest BCUT2D eigenvalue weighted by molar-refractivity contribution is 7.08. The molecule has 4 N–H and O–H groups in total. The van der Waals surface area contributed by atoms with E-state index in [0.717, 1.165) is 11.1 Å². The lowest BCUT2D eigenvalue weighted by Gasteiger charge is -2.13. The van der Waals surface area contributed by atoms with Gasteiger partial charge in [-0.15, -0.1) is 0 Å². The predicted molar refractivity (Wildman–Crippen MR) is 67.6 cm³/mol. The topological polar surface area (TPSA) is 98.7 Å². The third-order valence-corrected chi connectivity index (χ3v) is 3.33. The maximum Gasteiger partial charge on any atom is 0.326 e. The van der Waals surface area contributed by atoms with Crippen molar-refractivity contribution < 1.29 is 19.8 Å². The first-order valence-corrected chi connectivity index (χ1v) is 6.38. The molecular formula is C11H16N2O4S. The van der Waals surface area contributed by atoms with E-state index in [1.165, 1.54) is 0 Å². The summed E-state index contributed by atoms with van der Waals surface area (Å²) in [6, 6.07) is -1.62. The quantitative estimate of drug-likeness (QED) is 0.612. The SMILES string of the molecule is Cc1cscc1CNC(=O)N[C@H](CCO)C(=O)O. The Morgan fingerprint density at radius 1 is 1.44 bits per heavy atom. The van der Waals surface area contributed by atoms with Crippen LogP contribution in [-0.4, -0.2) is 34.9 Å². The van der Waals surface area contributed by atoms with Gasteiger partial charge in [-0.05, 0) is 28.8 Å². The third kappa shape index (κ3) is 4.34. The molecule has 18 heavy (non-hydrogen) atoms. The van der Waals surface area contributed by atoms with Crippen molar-refractivity contribution in [2.75, 3.05) is 6.61 Å². The molecule has 0 radical (unpaired) electrons. The molecule has 2 amide bonds. The van der Waals surface area contributed by atoms with Crippen LogP contribution >= 0.6 is 11.3 Å². The Hall–Kier alpha value is -1.60. The number of carbonyl (C=O) groups is 2. The predicted octanol–water partition coefficient (Wildman–Crippen LogP) is 0.691. The number of hydrogen-bond acceptors (Lipinski definition) is 4. The van der Waals surface area contributed by atoms with E-state index in [9.17, 15) is 9.59 Å². The number of rotatable bonds is 6. The van der Waals surface area contributed by atoms with E-state index in [1.807, 2.05) is 17.7 Å². The number of amides is 2. The molecule has 1 rings (SSSR count). The molecule has 0 spiro atoms. The minimum atomic E-state index is -1.16. The van der Waals surface area contributed by atoms with Crippen LogP contribution in [0.25, 0.3) is 0 Å². The zero-order valence-electron chi connectivity index (χ0n) is 9.97. The van der Waals surface area contributed by atoms with Crippen LogP contribution in [0.4, 0.5) is 4.79 Å². The standard InChI is InChI=1S/C11H16N2O4S/c1-7-5-18-6-8(7)4-12-11(17)13-9(2-3-14)10(15)16/h5-6,9,14H,2-4H2,1H3,(H,15,16)(H2,12,13,17)/t9-/m1/s1. The van der Waals surface area contributed by atoms with E-state index in [0.29, 0.717) is 6.54 Å². The van der Waals surface area contributed by atoms with Gasteiger partial charge in [0.05, 0.1) is 0 Å². The van der Waals surface area contributed by atoms with Crippen molar-refractivity contribution in [2.45, 2.75) is 25.9 Å². The summed E-state index contributed by atoms with van der Waals surface area (Å²) in [5, 5.41) is 26.3. The van der Waals surface area contributed by atoms with Crippen molar-refractivity contribution in [3.63, 3.8) is 0 Å². The fourth-order valence-electron chi connectivity index (χ4n) is 1.34. The second-order valence-corrected chi connectivity index (χ2v) is 4.55.